The number of morpholine rings is 1. The Morgan fingerprint density at radius 2 is 2.05 bits per heavy atom. The van der Waals surface area contributed by atoms with Crippen LogP contribution >= 0.6 is 0 Å². The third-order valence-electron chi connectivity index (χ3n) is 4.48. The summed E-state index contributed by atoms with van der Waals surface area (Å²) in [4.78, 5) is 14.5. The maximum absolute atomic E-state index is 12.4. The molecule has 2 rings (SSSR count). The summed E-state index contributed by atoms with van der Waals surface area (Å²) in [7, 11) is 0. The van der Waals surface area contributed by atoms with Crippen molar-refractivity contribution in [3.63, 3.8) is 0 Å². The lowest BCUT2D eigenvalue weighted by atomic mass is 9.77. The average molecular weight is 268 g/mol. The number of hydrogen-bond donors (Lipinski definition) is 1. The van der Waals surface area contributed by atoms with Gasteiger partial charge in [-0.3, -0.25) is 4.79 Å². The number of carbonyl (C=O) groups is 1. The standard InChI is InChI=1S/C15H28N2O2/c1-15(2,3)12-5-4-8-17(9-6-12)14(18)13-11-19-10-7-16-13/h12-13,16H,4-11H2,1-3H3. The van der Waals surface area contributed by atoms with Crippen molar-refractivity contribution in [3.05, 3.63) is 0 Å². The van der Waals surface area contributed by atoms with E-state index in [9.17, 15) is 4.79 Å². The van der Waals surface area contributed by atoms with Gasteiger partial charge in [0.15, 0.2) is 0 Å². The summed E-state index contributed by atoms with van der Waals surface area (Å²) in [6.45, 7) is 10.8. The van der Waals surface area contributed by atoms with Gasteiger partial charge in [-0.05, 0) is 30.6 Å². The maximum atomic E-state index is 12.4. The number of likely N-dealkylation sites (tertiary alicyclic amines) is 1. The lowest BCUT2D eigenvalue weighted by Crippen LogP contribution is -2.52. The molecule has 2 heterocycles. The Morgan fingerprint density at radius 1 is 1.26 bits per heavy atom. The lowest BCUT2D eigenvalue weighted by Gasteiger charge is -2.31. The Balaban J connectivity index is 1.89. The first-order chi connectivity index (χ1) is 8.98. The topological polar surface area (TPSA) is 41.6 Å². The van der Waals surface area contributed by atoms with Gasteiger partial charge in [0.05, 0.1) is 13.2 Å². The van der Waals surface area contributed by atoms with Crippen LogP contribution in [-0.2, 0) is 9.53 Å². The molecule has 2 saturated heterocycles. The van der Waals surface area contributed by atoms with Crippen LogP contribution in [0.2, 0.25) is 0 Å². The molecule has 1 amide bonds. The van der Waals surface area contributed by atoms with Crippen LogP contribution in [0.25, 0.3) is 0 Å². The second-order valence-corrected chi connectivity index (χ2v) is 6.90. The number of rotatable bonds is 1. The molecule has 2 aliphatic rings. The van der Waals surface area contributed by atoms with E-state index in [0.29, 0.717) is 12.0 Å². The van der Waals surface area contributed by atoms with E-state index in [1.165, 1.54) is 6.42 Å². The average Bonchev–Trinajstić information content (AvgIpc) is 2.64. The SMILES string of the molecule is CC(C)(C)C1CCCN(C(=O)C2COCCN2)CC1. The largest absolute Gasteiger partial charge is 0.378 e. The molecule has 2 aliphatic heterocycles. The molecule has 1 N–H and O–H groups in total. The highest BCUT2D eigenvalue weighted by Gasteiger charge is 2.31. The van der Waals surface area contributed by atoms with Gasteiger partial charge in [-0.25, -0.2) is 0 Å². The Labute approximate surface area is 116 Å². The minimum atomic E-state index is -0.125. The molecule has 2 atom stereocenters. The van der Waals surface area contributed by atoms with Crippen LogP contribution in [0, 0.1) is 11.3 Å². The van der Waals surface area contributed by atoms with Crippen molar-refractivity contribution >= 4 is 5.91 Å². The number of ether oxygens (including phenoxy) is 1. The van der Waals surface area contributed by atoms with Gasteiger partial charge in [0.2, 0.25) is 5.91 Å². The molecule has 110 valence electrons. The summed E-state index contributed by atoms with van der Waals surface area (Å²) >= 11 is 0. The summed E-state index contributed by atoms with van der Waals surface area (Å²) in [5, 5.41) is 3.26. The van der Waals surface area contributed by atoms with Gasteiger partial charge in [-0.15, -0.1) is 0 Å². The number of hydrogen-bond acceptors (Lipinski definition) is 3. The number of nitrogens with one attached hydrogen (secondary N) is 1. The normalized spacial score (nSPS) is 29.9. The van der Waals surface area contributed by atoms with Gasteiger partial charge in [-0.1, -0.05) is 20.8 Å². The Morgan fingerprint density at radius 3 is 2.68 bits per heavy atom. The summed E-state index contributed by atoms with van der Waals surface area (Å²) in [6, 6.07) is -0.125. The fraction of sp³-hybridized carbons (Fsp3) is 0.933. The molecule has 0 aromatic heterocycles. The van der Waals surface area contributed by atoms with Crippen LogP contribution in [0.5, 0.6) is 0 Å². The molecule has 19 heavy (non-hydrogen) atoms. The molecule has 0 aliphatic carbocycles. The van der Waals surface area contributed by atoms with Crippen molar-refractivity contribution in [1.29, 1.82) is 0 Å². The summed E-state index contributed by atoms with van der Waals surface area (Å²) < 4.78 is 5.39. The van der Waals surface area contributed by atoms with Crippen LogP contribution in [0.4, 0.5) is 0 Å². The molecular formula is C15H28N2O2. The van der Waals surface area contributed by atoms with E-state index >= 15 is 0 Å². The number of carbonyl (C=O) groups excluding carboxylic acids is 1. The van der Waals surface area contributed by atoms with Gasteiger partial charge in [0, 0.05) is 19.6 Å². The lowest BCUT2D eigenvalue weighted by molar-refractivity contribution is -0.136. The van der Waals surface area contributed by atoms with Crippen LogP contribution in [0.1, 0.15) is 40.0 Å². The number of amides is 1. The molecule has 0 radical (unpaired) electrons. The van der Waals surface area contributed by atoms with Crippen LogP contribution in [0.15, 0.2) is 0 Å². The van der Waals surface area contributed by atoms with E-state index in [4.69, 9.17) is 4.74 Å². The van der Waals surface area contributed by atoms with E-state index in [1.807, 2.05) is 4.90 Å². The quantitative estimate of drug-likeness (QED) is 0.786. The van der Waals surface area contributed by atoms with Gasteiger partial charge < -0.3 is 15.0 Å². The summed E-state index contributed by atoms with van der Waals surface area (Å²) in [5.41, 5.74) is 0.352. The predicted molar refractivity (Wildman–Crippen MR) is 76.0 cm³/mol. The van der Waals surface area contributed by atoms with E-state index < -0.39 is 0 Å². The van der Waals surface area contributed by atoms with E-state index in [2.05, 4.69) is 26.1 Å². The van der Waals surface area contributed by atoms with Crippen molar-refractivity contribution in [3.8, 4) is 0 Å². The van der Waals surface area contributed by atoms with Crippen molar-refractivity contribution in [1.82, 2.24) is 10.2 Å². The minimum Gasteiger partial charge on any atom is -0.378 e. The Bertz CT molecular complexity index is 306. The molecule has 0 bridgehead atoms. The minimum absolute atomic E-state index is 0.125. The zero-order valence-electron chi connectivity index (χ0n) is 12.6. The smallest absolute Gasteiger partial charge is 0.242 e. The second-order valence-electron chi connectivity index (χ2n) is 6.90. The molecule has 0 aromatic carbocycles. The summed E-state index contributed by atoms with van der Waals surface area (Å²) in [6.07, 6.45) is 3.49. The van der Waals surface area contributed by atoms with E-state index in [0.717, 1.165) is 45.0 Å². The fourth-order valence-corrected chi connectivity index (χ4v) is 3.13. The van der Waals surface area contributed by atoms with E-state index in [-0.39, 0.29) is 11.9 Å². The van der Waals surface area contributed by atoms with E-state index in [1.54, 1.807) is 0 Å². The Hall–Kier alpha value is -0.610. The highest BCUT2D eigenvalue weighted by molar-refractivity contribution is 5.82. The van der Waals surface area contributed by atoms with Gasteiger partial charge in [0.25, 0.3) is 0 Å². The molecule has 2 unspecified atom stereocenters. The van der Waals surface area contributed by atoms with Crippen LogP contribution in [0.3, 0.4) is 0 Å². The second kappa shape index (κ2) is 6.23. The molecule has 0 saturated carbocycles. The van der Waals surface area contributed by atoms with Crippen molar-refractivity contribution in [2.24, 2.45) is 11.3 Å². The molecule has 4 heteroatoms. The van der Waals surface area contributed by atoms with Gasteiger partial charge in [-0.2, -0.15) is 0 Å². The zero-order chi connectivity index (χ0) is 13.9. The first-order valence-corrected chi connectivity index (χ1v) is 7.58. The fourth-order valence-electron chi connectivity index (χ4n) is 3.13. The van der Waals surface area contributed by atoms with Gasteiger partial charge in [0.1, 0.15) is 6.04 Å². The monoisotopic (exact) mass is 268 g/mol. The van der Waals surface area contributed by atoms with Crippen molar-refractivity contribution < 1.29 is 9.53 Å². The first kappa shape index (κ1) is 14.8. The molecule has 0 aromatic rings. The molecule has 2 fully saturated rings. The molecule has 4 nitrogen and oxygen atoms in total. The predicted octanol–water partition coefficient (Wildman–Crippen LogP) is 1.65. The molecular weight excluding hydrogens is 240 g/mol. The highest BCUT2D eigenvalue weighted by Crippen LogP contribution is 2.34. The maximum Gasteiger partial charge on any atom is 0.242 e. The third kappa shape index (κ3) is 3.93. The summed E-state index contributed by atoms with van der Waals surface area (Å²) in [5.74, 6) is 0.954. The highest BCUT2D eigenvalue weighted by atomic mass is 16.5. The Kier molecular flexibility index (Phi) is 4.85. The van der Waals surface area contributed by atoms with Crippen molar-refractivity contribution in [2.75, 3.05) is 32.8 Å². The molecule has 0 spiro atoms. The first-order valence-electron chi connectivity index (χ1n) is 7.58. The van der Waals surface area contributed by atoms with Crippen molar-refractivity contribution in [2.45, 2.75) is 46.1 Å². The number of nitrogens with zero attached hydrogens (tertiary/aromatic N) is 1. The van der Waals surface area contributed by atoms with Crippen LogP contribution < -0.4 is 5.32 Å². The third-order valence-corrected chi connectivity index (χ3v) is 4.48. The zero-order valence-corrected chi connectivity index (χ0v) is 12.6. The van der Waals surface area contributed by atoms with Crippen LogP contribution in [-0.4, -0.2) is 49.7 Å². The van der Waals surface area contributed by atoms with Gasteiger partial charge >= 0.3 is 0 Å².